The fourth-order valence-electron chi connectivity index (χ4n) is 2.99. The van der Waals surface area contributed by atoms with Crippen molar-refractivity contribution in [3.63, 3.8) is 0 Å². The molecule has 7 nitrogen and oxygen atoms in total. The molecule has 154 valence electrons. The van der Waals surface area contributed by atoms with Gasteiger partial charge in [0.05, 0.1) is 23.4 Å². The van der Waals surface area contributed by atoms with Gasteiger partial charge in [0.2, 0.25) is 0 Å². The lowest BCUT2D eigenvalue weighted by Gasteiger charge is -2.14. The van der Waals surface area contributed by atoms with E-state index in [1.54, 1.807) is 30.3 Å². The monoisotopic (exact) mass is 417 g/mol. The Morgan fingerprint density at radius 3 is 2.38 bits per heavy atom. The van der Waals surface area contributed by atoms with Gasteiger partial charge in [0, 0.05) is 18.2 Å². The minimum atomic E-state index is -0.450. The number of hydrogen-bond acceptors (Lipinski definition) is 5. The van der Waals surface area contributed by atoms with Crippen LogP contribution in [0, 0.1) is 0 Å². The number of halogens is 1. The molecule has 2 aromatic carbocycles. The number of nitrogens with zero attached hydrogens (tertiary/aromatic N) is 1. The van der Waals surface area contributed by atoms with Crippen LogP contribution in [0.2, 0.25) is 0 Å². The molecule has 0 aromatic heterocycles. The Bertz CT molecular complexity index is 913. The van der Waals surface area contributed by atoms with Crippen LogP contribution < -0.4 is 20.7 Å². The molecule has 0 bridgehead atoms. The number of rotatable bonds is 7. The van der Waals surface area contributed by atoms with E-state index >= 15 is 0 Å². The topological polar surface area (TPSA) is 102 Å². The highest BCUT2D eigenvalue weighted by molar-refractivity contribution is 6.34. The highest BCUT2D eigenvalue weighted by Gasteiger charge is 2.37. The molecule has 0 saturated heterocycles. The maximum atomic E-state index is 12.8. The predicted octanol–water partition coefficient (Wildman–Crippen LogP) is 2.77. The van der Waals surface area contributed by atoms with E-state index in [-0.39, 0.29) is 35.5 Å². The number of ether oxygens (including phenoxy) is 1. The highest BCUT2D eigenvalue weighted by atomic mass is 35.5. The van der Waals surface area contributed by atoms with Gasteiger partial charge < -0.3 is 15.8 Å². The zero-order chi connectivity index (χ0) is 20.3. The normalized spacial score (nSPS) is 13.6. The second-order valence-electron chi connectivity index (χ2n) is 6.65. The molecule has 0 spiro atoms. The minimum Gasteiger partial charge on any atom is -0.494 e. The van der Waals surface area contributed by atoms with Crippen LogP contribution >= 0.6 is 12.4 Å². The molecular formula is C21H24ClN3O4. The average Bonchev–Trinajstić information content (AvgIpc) is 2.92. The van der Waals surface area contributed by atoms with Crippen LogP contribution in [-0.2, 0) is 0 Å². The summed E-state index contributed by atoms with van der Waals surface area (Å²) in [7, 11) is 0. The summed E-state index contributed by atoms with van der Waals surface area (Å²) in [4.78, 5) is 38.9. The molecule has 1 aliphatic rings. The van der Waals surface area contributed by atoms with Crippen LogP contribution in [-0.4, -0.2) is 36.9 Å². The van der Waals surface area contributed by atoms with Gasteiger partial charge in [-0.3, -0.25) is 14.4 Å². The second kappa shape index (κ2) is 9.54. The molecule has 8 heteroatoms. The molecule has 3 rings (SSSR count). The lowest BCUT2D eigenvalue weighted by molar-refractivity contribution is 0.0923. The first-order valence-corrected chi connectivity index (χ1v) is 9.21. The average molecular weight is 418 g/mol. The maximum Gasteiger partial charge on any atom is 0.266 e. The first-order chi connectivity index (χ1) is 13.4. The molecule has 3 N–H and O–H groups in total. The third-order valence-electron chi connectivity index (χ3n) is 4.44. The molecular weight excluding hydrogens is 394 g/mol. The zero-order valence-electron chi connectivity index (χ0n) is 16.3. The third-order valence-corrected chi connectivity index (χ3v) is 4.44. The van der Waals surface area contributed by atoms with Gasteiger partial charge >= 0.3 is 0 Å². The van der Waals surface area contributed by atoms with E-state index in [0.29, 0.717) is 36.6 Å². The largest absolute Gasteiger partial charge is 0.494 e. The standard InChI is InChI=1S/C21H23N3O4.ClH/c1-3-28-16-7-5-15(6-8-16)24-20(26)17-9-4-14(12-18(17)21(24)27)19(25)23-11-10-13(2)22;/h4-9,12-13H,3,10-11,22H2,1-2H3,(H,23,25);1H. The van der Waals surface area contributed by atoms with Gasteiger partial charge in [-0.2, -0.15) is 0 Å². The number of imide groups is 1. The lowest BCUT2D eigenvalue weighted by Crippen LogP contribution is -2.29. The van der Waals surface area contributed by atoms with E-state index in [1.807, 2.05) is 13.8 Å². The molecule has 1 atom stereocenters. The van der Waals surface area contributed by atoms with Crippen molar-refractivity contribution in [1.29, 1.82) is 0 Å². The molecule has 0 fully saturated rings. The van der Waals surface area contributed by atoms with E-state index in [9.17, 15) is 14.4 Å². The van der Waals surface area contributed by atoms with Crippen molar-refractivity contribution in [2.75, 3.05) is 18.1 Å². The van der Waals surface area contributed by atoms with Crippen molar-refractivity contribution in [3.8, 4) is 5.75 Å². The van der Waals surface area contributed by atoms with Crippen molar-refractivity contribution in [3.05, 3.63) is 59.2 Å². The van der Waals surface area contributed by atoms with E-state index in [0.717, 1.165) is 4.90 Å². The molecule has 1 unspecified atom stereocenters. The SMILES string of the molecule is CCOc1ccc(N2C(=O)c3ccc(C(=O)NCCC(C)N)cc3C2=O)cc1.Cl. The van der Waals surface area contributed by atoms with Gasteiger partial charge in [-0.05, 0) is 62.7 Å². The van der Waals surface area contributed by atoms with Gasteiger partial charge in [0.1, 0.15) is 5.75 Å². The number of amides is 3. The van der Waals surface area contributed by atoms with E-state index in [4.69, 9.17) is 10.5 Å². The van der Waals surface area contributed by atoms with Crippen LogP contribution in [0.1, 0.15) is 51.3 Å². The summed E-state index contributed by atoms with van der Waals surface area (Å²) < 4.78 is 5.39. The van der Waals surface area contributed by atoms with Crippen molar-refractivity contribution in [1.82, 2.24) is 5.32 Å². The molecule has 1 heterocycles. The Balaban J connectivity index is 0.00000300. The number of nitrogens with one attached hydrogen (secondary N) is 1. The molecule has 3 amide bonds. The zero-order valence-corrected chi connectivity index (χ0v) is 17.1. The highest BCUT2D eigenvalue weighted by Crippen LogP contribution is 2.30. The van der Waals surface area contributed by atoms with Crippen LogP contribution in [0.5, 0.6) is 5.75 Å². The van der Waals surface area contributed by atoms with E-state index in [2.05, 4.69) is 5.32 Å². The van der Waals surface area contributed by atoms with Crippen molar-refractivity contribution >= 4 is 35.8 Å². The summed E-state index contributed by atoms with van der Waals surface area (Å²) in [6.07, 6.45) is 0.652. The molecule has 0 aliphatic carbocycles. The lowest BCUT2D eigenvalue weighted by atomic mass is 10.1. The smallest absolute Gasteiger partial charge is 0.266 e. The second-order valence-corrected chi connectivity index (χ2v) is 6.65. The van der Waals surface area contributed by atoms with Crippen LogP contribution in [0.3, 0.4) is 0 Å². The molecule has 1 aliphatic heterocycles. The van der Waals surface area contributed by atoms with E-state index < -0.39 is 11.8 Å². The quantitative estimate of drug-likeness (QED) is 0.674. The van der Waals surface area contributed by atoms with Gasteiger partial charge in [0.15, 0.2) is 0 Å². The molecule has 2 aromatic rings. The number of hydrogen-bond donors (Lipinski definition) is 2. The summed E-state index contributed by atoms with van der Waals surface area (Å²) >= 11 is 0. The van der Waals surface area contributed by atoms with Crippen LogP contribution in [0.4, 0.5) is 5.69 Å². The molecule has 29 heavy (non-hydrogen) atoms. The summed E-state index contributed by atoms with van der Waals surface area (Å²) in [5, 5.41) is 2.77. The fourth-order valence-corrected chi connectivity index (χ4v) is 2.99. The van der Waals surface area contributed by atoms with Gasteiger partial charge in [-0.25, -0.2) is 4.90 Å². The Morgan fingerprint density at radius 2 is 1.76 bits per heavy atom. The number of benzene rings is 2. The van der Waals surface area contributed by atoms with Gasteiger partial charge in [0.25, 0.3) is 17.7 Å². The Kier molecular flexibility index (Phi) is 7.36. The summed E-state index contributed by atoms with van der Waals surface area (Å²) in [6.45, 7) is 4.71. The maximum absolute atomic E-state index is 12.8. The van der Waals surface area contributed by atoms with Crippen molar-refractivity contribution in [2.24, 2.45) is 5.73 Å². The molecule has 0 saturated carbocycles. The number of nitrogens with two attached hydrogens (primary N) is 1. The first-order valence-electron chi connectivity index (χ1n) is 9.21. The Morgan fingerprint density at radius 1 is 1.10 bits per heavy atom. The number of carbonyl (C=O) groups is 3. The Labute approximate surface area is 175 Å². The summed E-state index contributed by atoms with van der Waals surface area (Å²) in [5.41, 5.74) is 6.97. The van der Waals surface area contributed by atoms with Crippen LogP contribution in [0.25, 0.3) is 0 Å². The molecule has 0 radical (unpaired) electrons. The van der Waals surface area contributed by atoms with Crippen LogP contribution in [0.15, 0.2) is 42.5 Å². The number of anilines is 1. The Hall–Kier alpha value is -2.90. The van der Waals surface area contributed by atoms with Crippen molar-refractivity contribution in [2.45, 2.75) is 26.3 Å². The van der Waals surface area contributed by atoms with E-state index in [1.165, 1.54) is 12.1 Å². The predicted molar refractivity (Wildman–Crippen MR) is 113 cm³/mol. The summed E-state index contributed by atoms with van der Waals surface area (Å²) in [5.74, 6) is -0.501. The number of carbonyl (C=O) groups excluding carboxylic acids is 3. The first kappa shape index (κ1) is 22.4. The fraction of sp³-hybridized carbons (Fsp3) is 0.286. The minimum absolute atomic E-state index is 0. The number of fused-ring (bicyclic) bond motifs is 1. The third kappa shape index (κ3) is 4.75. The van der Waals surface area contributed by atoms with Crippen molar-refractivity contribution < 1.29 is 19.1 Å². The van der Waals surface area contributed by atoms with Gasteiger partial charge in [-0.1, -0.05) is 0 Å². The van der Waals surface area contributed by atoms with Gasteiger partial charge in [-0.15, -0.1) is 12.4 Å². The summed E-state index contributed by atoms with van der Waals surface area (Å²) in [6, 6.07) is 11.3.